The van der Waals surface area contributed by atoms with Crippen LogP contribution in [0.2, 0.25) is 0 Å². The molecule has 34 heavy (non-hydrogen) atoms. The van der Waals surface area contributed by atoms with Gasteiger partial charge in [-0.25, -0.2) is 17.8 Å². The summed E-state index contributed by atoms with van der Waals surface area (Å²) in [6.45, 7) is 4.49. The number of tetrazole rings is 1. The van der Waals surface area contributed by atoms with Gasteiger partial charge >= 0.3 is 0 Å². The molecule has 4 aromatic rings. The van der Waals surface area contributed by atoms with Crippen molar-refractivity contribution in [2.45, 2.75) is 31.3 Å². The molecule has 0 aliphatic carbocycles. The number of ether oxygens (including phenoxy) is 1. The zero-order chi connectivity index (χ0) is 23.7. The molecule has 5 rings (SSSR count). The van der Waals surface area contributed by atoms with Gasteiger partial charge in [0.05, 0.1) is 29.1 Å². The second-order valence-corrected chi connectivity index (χ2v) is 9.93. The van der Waals surface area contributed by atoms with Gasteiger partial charge in [0.1, 0.15) is 18.2 Å². The smallest absolute Gasteiger partial charge is 0.243 e. The van der Waals surface area contributed by atoms with E-state index in [0.29, 0.717) is 55.6 Å². The van der Waals surface area contributed by atoms with Crippen LogP contribution in [-0.4, -0.2) is 68.8 Å². The van der Waals surface area contributed by atoms with E-state index in [9.17, 15) is 12.8 Å². The Morgan fingerprint density at radius 3 is 2.59 bits per heavy atom. The fourth-order valence-corrected chi connectivity index (χ4v) is 5.43. The quantitative estimate of drug-likeness (QED) is 0.395. The summed E-state index contributed by atoms with van der Waals surface area (Å²) < 4.78 is 48.1. The van der Waals surface area contributed by atoms with Crippen LogP contribution in [0.1, 0.15) is 19.2 Å². The Hall–Kier alpha value is -3.22. The zero-order valence-electron chi connectivity index (χ0n) is 18.6. The molecule has 10 nitrogen and oxygen atoms in total. The predicted octanol–water partition coefficient (Wildman–Crippen LogP) is 2.31. The fourth-order valence-electron chi connectivity index (χ4n) is 4.00. The normalized spacial score (nSPS) is 15.2. The lowest BCUT2D eigenvalue weighted by Crippen LogP contribution is -2.40. The highest BCUT2D eigenvalue weighted by molar-refractivity contribution is 7.89. The van der Waals surface area contributed by atoms with E-state index in [-0.39, 0.29) is 17.3 Å². The number of sulfonamides is 1. The number of benzene rings is 2. The Balaban J connectivity index is 1.46. The van der Waals surface area contributed by atoms with Crippen LogP contribution in [-0.2, 0) is 27.8 Å². The molecular weight excluding hydrogens is 461 g/mol. The van der Waals surface area contributed by atoms with Crippen molar-refractivity contribution in [1.82, 2.24) is 34.1 Å². The van der Waals surface area contributed by atoms with Crippen LogP contribution >= 0.6 is 0 Å². The summed E-state index contributed by atoms with van der Waals surface area (Å²) in [5.74, 6) is 0.747. The first kappa shape index (κ1) is 22.6. The molecular formula is C22H24FN7O3S. The predicted molar refractivity (Wildman–Crippen MR) is 122 cm³/mol. The summed E-state index contributed by atoms with van der Waals surface area (Å²) in [4.78, 5) is 6.36. The summed E-state index contributed by atoms with van der Waals surface area (Å²) in [6, 6.07) is 10.9. The molecule has 3 heterocycles. The van der Waals surface area contributed by atoms with Crippen molar-refractivity contribution in [3.8, 4) is 11.4 Å². The Bertz CT molecular complexity index is 1410. The third-order valence-electron chi connectivity index (χ3n) is 5.69. The average molecular weight is 486 g/mol. The molecule has 0 unspecified atom stereocenters. The summed E-state index contributed by atoms with van der Waals surface area (Å²) >= 11 is 0. The van der Waals surface area contributed by atoms with Gasteiger partial charge in [-0.3, -0.25) is 0 Å². The number of aromatic nitrogens is 6. The number of imidazole rings is 1. The van der Waals surface area contributed by atoms with Crippen LogP contribution in [0.25, 0.3) is 22.4 Å². The molecule has 0 radical (unpaired) electrons. The van der Waals surface area contributed by atoms with Crippen molar-refractivity contribution in [2.75, 3.05) is 26.3 Å². The highest BCUT2D eigenvalue weighted by Gasteiger charge is 2.27. The van der Waals surface area contributed by atoms with E-state index in [0.717, 1.165) is 11.9 Å². The molecule has 1 aliphatic rings. The molecule has 1 saturated heterocycles. The standard InChI is InChI=1S/C22H24FN7O3S/c1-2-9-29-20-8-7-18(34(31,32)28-10-12-33-13-11-28)14-19(20)24-21(29)15-30-26-22(25-27-30)16-3-5-17(23)6-4-16/h3-8,14H,2,9-13,15H2,1H3. The number of fused-ring (bicyclic) bond motifs is 1. The molecule has 2 aromatic heterocycles. The Morgan fingerprint density at radius 2 is 1.85 bits per heavy atom. The van der Waals surface area contributed by atoms with E-state index < -0.39 is 10.0 Å². The third-order valence-corrected chi connectivity index (χ3v) is 7.59. The Labute approximate surface area is 196 Å². The lowest BCUT2D eigenvalue weighted by Gasteiger charge is -2.26. The topological polar surface area (TPSA) is 108 Å². The molecule has 0 N–H and O–H groups in total. The molecule has 178 valence electrons. The Morgan fingerprint density at radius 1 is 1.09 bits per heavy atom. The fraction of sp³-hybridized carbons (Fsp3) is 0.364. The minimum absolute atomic E-state index is 0.215. The van der Waals surface area contributed by atoms with Crippen LogP contribution in [0, 0.1) is 5.82 Å². The van der Waals surface area contributed by atoms with Gasteiger partial charge in [-0.2, -0.15) is 9.10 Å². The van der Waals surface area contributed by atoms with Gasteiger partial charge in [0.25, 0.3) is 0 Å². The van der Waals surface area contributed by atoms with Crippen molar-refractivity contribution >= 4 is 21.1 Å². The first-order chi connectivity index (χ1) is 16.5. The lowest BCUT2D eigenvalue weighted by atomic mass is 10.2. The maximum Gasteiger partial charge on any atom is 0.243 e. The zero-order valence-corrected chi connectivity index (χ0v) is 19.4. The van der Waals surface area contributed by atoms with Crippen LogP contribution in [0.15, 0.2) is 47.4 Å². The van der Waals surface area contributed by atoms with Crippen molar-refractivity contribution in [1.29, 1.82) is 0 Å². The number of aryl methyl sites for hydroxylation is 1. The third kappa shape index (κ3) is 4.31. The van der Waals surface area contributed by atoms with Crippen molar-refractivity contribution in [3.63, 3.8) is 0 Å². The number of nitrogens with zero attached hydrogens (tertiary/aromatic N) is 7. The van der Waals surface area contributed by atoms with Gasteiger partial charge in [0, 0.05) is 25.2 Å². The number of hydrogen-bond donors (Lipinski definition) is 0. The van der Waals surface area contributed by atoms with Gasteiger partial charge < -0.3 is 9.30 Å². The average Bonchev–Trinajstić information content (AvgIpc) is 3.45. The van der Waals surface area contributed by atoms with Crippen molar-refractivity contribution in [2.24, 2.45) is 0 Å². The van der Waals surface area contributed by atoms with E-state index in [1.807, 2.05) is 4.57 Å². The first-order valence-electron chi connectivity index (χ1n) is 11.1. The molecule has 2 aromatic carbocycles. The number of rotatable bonds is 7. The molecule has 0 amide bonds. The molecule has 0 spiro atoms. The van der Waals surface area contributed by atoms with E-state index >= 15 is 0 Å². The van der Waals surface area contributed by atoms with E-state index in [1.54, 1.807) is 30.3 Å². The molecule has 0 saturated carbocycles. The van der Waals surface area contributed by atoms with Gasteiger partial charge in [0.2, 0.25) is 15.8 Å². The summed E-state index contributed by atoms with van der Waals surface area (Å²) in [7, 11) is -3.62. The van der Waals surface area contributed by atoms with Gasteiger partial charge in [-0.15, -0.1) is 10.2 Å². The monoisotopic (exact) mass is 485 g/mol. The number of hydrogen-bond acceptors (Lipinski definition) is 7. The van der Waals surface area contributed by atoms with Crippen LogP contribution < -0.4 is 0 Å². The maximum atomic E-state index is 13.2. The molecule has 0 atom stereocenters. The van der Waals surface area contributed by atoms with Crippen molar-refractivity contribution < 1.29 is 17.5 Å². The van der Waals surface area contributed by atoms with Crippen LogP contribution in [0.3, 0.4) is 0 Å². The SMILES string of the molecule is CCCn1c(Cn2nnc(-c3ccc(F)cc3)n2)nc2cc(S(=O)(=O)N3CCOCC3)ccc21. The molecule has 1 fully saturated rings. The molecule has 1 aliphatic heterocycles. The van der Waals surface area contributed by atoms with Crippen LogP contribution in [0.4, 0.5) is 4.39 Å². The van der Waals surface area contributed by atoms with Crippen molar-refractivity contribution in [3.05, 3.63) is 54.1 Å². The summed E-state index contributed by atoms with van der Waals surface area (Å²) in [5, 5.41) is 12.6. The lowest BCUT2D eigenvalue weighted by molar-refractivity contribution is 0.0730. The maximum absolute atomic E-state index is 13.2. The highest BCUT2D eigenvalue weighted by atomic mass is 32.2. The minimum atomic E-state index is -3.62. The van der Waals surface area contributed by atoms with Gasteiger partial charge in [-0.05, 0) is 54.1 Å². The van der Waals surface area contributed by atoms with E-state index in [2.05, 4.69) is 22.3 Å². The van der Waals surface area contributed by atoms with E-state index in [1.165, 1.54) is 21.2 Å². The van der Waals surface area contributed by atoms with Gasteiger partial charge in [0.15, 0.2) is 0 Å². The highest BCUT2D eigenvalue weighted by Crippen LogP contribution is 2.24. The number of morpholine rings is 1. The second kappa shape index (κ2) is 9.20. The van der Waals surface area contributed by atoms with Gasteiger partial charge in [-0.1, -0.05) is 6.92 Å². The minimum Gasteiger partial charge on any atom is -0.379 e. The number of halogens is 1. The Kier molecular flexibility index (Phi) is 6.11. The summed E-state index contributed by atoms with van der Waals surface area (Å²) in [6.07, 6.45) is 0.873. The molecule has 0 bridgehead atoms. The second-order valence-electron chi connectivity index (χ2n) is 8.00. The van der Waals surface area contributed by atoms with Crippen LogP contribution in [0.5, 0.6) is 0 Å². The van der Waals surface area contributed by atoms with E-state index in [4.69, 9.17) is 9.72 Å². The largest absolute Gasteiger partial charge is 0.379 e. The summed E-state index contributed by atoms with van der Waals surface area (Å²) in [5.41, 5.74) is 2.10. The molecule has 12 heteroatoms. The first-order valence-corrected chi connectivity index (χ1v) is 12.5.